The molecule has 2 atom stereocenters. The predicted molar refractivity (Wildman–Crippen MR) is 76.5 cm³/mol. The van der Waals surface area contributed by atoms with Crippen LogP contribution in [0.15, 0.2) is 24.3 Å². The Morgan fingerprint density at radius 3 is 2.67 bits per heavy atom. The average Bonchev–Trinajstić information content (AvgIpc) is 2.64. The number of fused-ring (bicyclic) bond motifs is 1. The molecule has 1 aromatic heterocycles. The van der Waals surface area contributed by atoms with Gasteiger partial charge in [0.25, 0.3) is 0 Å². The summed E-state index contributed by atoms with van der Waals surface area (Å²) in [6, 6.07) is 8.61. The number of rotatable bonds is 5. The van der Waals surface area contributed by atoms with Gasteiger partial charge in [-0.15, -0.1) is 0 Å². The number of hydrogen-bond acceptors (Lipinski definition) is 2. The normalized spacial score (nSPS) is 14.9. The minimum atomic E-state index is 0.263. The molecule has 0 bridgehead atoms. The van der Waals surface area contributed by atoms with Crippen molar-refractivity contribution in [3.63, 3.8) is 0 Å². The van der Waals surface area contributed by atoms with Crippen molar-refractivity contribution in [1.82, 2.24) is 9.55 Å². The number of hydrogen-bond donors (Lipinski definition) is 1. The lowest BCUT2D eigenvalue weighted by Gasteiger charge is -2.14. The standard InChI is InChI=1S/C15H23N3/c1-4-18-14-8-6-5-7-13(14)17-15(18)10-11(2)9-12(3)16/h5-8,11-12H,4,9-10,16H2,1-3H3. The monoisotopic (exact) mass is 245 g/mol. The van der Waals surface area contributed by atoms with Crippen LogP contribution in [0.5, 0.6) is 0 Å². The van der Waals surface area contributed by atoms with E-state index in [0.717, 1.165) is 24.9 Å². The molecule has 1 heterocycles. The van der Waals surface area contributed by atoms with Crippen molar-refractivity contribution in [1.29, 1.82) is 0 Å². The Bertz CT molecular complexity index is 513. The van der Waals surface area contributed by atoms with Crippen molar-refractivity contribution in [3.8, 4) is 0 Å². The van der Waals surface area contributed by atoms with Gasteiger partial charge >= 0.3 is 0 Å². The number of imidazole rings is 1. The first-order valence-electron chi connectivity index (χ1n) is 6.81. The van der Waals surface area contributed by atoms with Gasteiger partial charge in [0.1, 0.15) is 5.82 Å². The third-order valence-electron chi connectivity index (χ3n) is 3.36. The molecular weight excluding hydrogens is 222 g/mol. The molecule has 0 saturated carbocycles. The van der Waals surface area contributed by atoms with E-state index >= 15 is 0 Å². The lowest BCUT2D eigenvalue weighted by Crippen LogP contribution is -2.20. The number of nitrogens with two attached hydrogens (primary N) is 1. The van der Waals surface area contributed by atoms with E-state index in [0.29, 0.717) is 5.92 Å². The van der Waals surface area contributed by atoms with Gasteiger partial charge in [-0.05, 0) is 38.3 Å². The molecule has 98 valence electrons. The van der Waals surface area contributed by atoms with Crippen molar-refractivity contribution >= 4 is 11.0 Å². The SMILES string of the molecule is CCn1c(CC(C)CC(C)N)nc2ccccc21. The van der Waals surface area contributed by atoms with Crippen LogP contribution >= 0.6 is 0 Å². The van der Waals surface area contributed by atoms with Crippen LogP contribution < -0.4 is 5.73 Å². The van der Waals surface area contributed by atoms with Gasteiger partial charge in [0.2, 0.25) is 0 Å². The fraction of sp³-hybridized carbons (Fsp3) is 0.533. The van der Waals surface area contributed by atoms with Crippen molar-refractivity contribution in [2.45, 2.75) is 46.2 Å². The molecule has 0 aliphatic heterocycles. The summed E-state index contributed by atoms with van der Waals surface area (Å²) in [5, 5.41) is 0. The van der Waals surface area contributed by atoms with Crippen LogP contribution in [-0.4, -0.2) is 15.6 Å². The number of nitrogens with zero attached hydrogens (tertiary/aromatic N) is 2. The Kier molecular flexibility index (Phi) is 4.02. The Balaban J connectivity index is 2.27. The van der Waals surface area contributed by atoms with Crippen LogP contribution in [0.1, 0.15) is 33.0 Å². The van der Waals surface area contributed by atoms with Gasteiger partial charge in [-0.25, -0.2) is 4.98 Å². The summed E-state index contributed by atoms with van der Waals surface area (Å²) in [5.41, 5.74) is 8.20. The lowest BCUT2D eigenvalue weighted by atomic mass is 9.99. The van der Waals surface area contributed by atoms with Crippen molar-refractivity contribution in [3.05, 3.63) is 30.1 Å². The molecule has 1 aromatic carbocycles. The number of aryl methyl sites for hydroxylation is 1. The van der Waals surface area contributed by atoms with Gasteiger partial charge in [-0.1, -0.05) is 19.1 Å². The van der Waals surface area contributed by atoms with Crippen molar-refractivity contribution < 1.29 is 0 Å². The van der Waals surface area contributed by atoms with E-state index < -0.39 is 0 Å². The van der Waals surface area contributed by atoms with Crippen LogP contribution in [0.2, 0.25) is 0 Å². The molecule has 0 spiro atoms. The van der Waals surface area contributed by atoms with E-state index in [1.165, 1.54) is 11.3 Å². The summed E-state index contributed by atoms with van der Waals surface area (Å²) in [7, 11) is 0. The van der Waals surface area contributed by atoms with Crippen LogP contribution in [0.3, 0.4) is 0 Å². The van der Waals surface area contributed by atoms with Crippen LogP contribution in [0.4, 0.5) is 0 Å². The van der Waals surface area contributed by atoms with E-state index in [2.05, 4.69) is 43.5 Å². The van der Waals surface area contributed by atoms with Crippen molar-refractivity contribution in [2.24, 2.45) is 11.7 Å². The molecule has 3 nitrogen and oxygen atoms in total. The van der Waals surface area contributed by atoms with Gasteiger partial charge in [-0.2, -0.15) is 0 Å². The molecule has 0 aliphatic carbocycles. The lowest BCUT2D eigenvalue weighted by molar-refractivity contribution is 0.463. The second-order valence-electron chi connectivity index (χ2n) is 5.28. The Hall–Kier alpha value is -1.35. The minimum absolute atomic E-state index is 0.263. The summed E-state index contributed by atoms with van der Waals surface area (Å²) >= 11 is 0. The third-order valence-corrected chi connectivity index (χ3v) is 3.36. The highest BCUT2D eigenvalue weighted by Gasteiger charge is 2.13. The zero-order chi connectivity index (χ0) is 13.1. The summed E-state index contributed by atoms with van der Waals surface area (Å²) < 4.78 is 2.31. The van der Waals surface area contributed by atoms with Crippen LogP contribution in [-0.2, 0) is 13.0 Å². The zero-order valence-corrected chi connectivity index (χ0v) is 11.6. The molecule has 18 heavy (non-hydrogen) atoms. The Morgan fingerprint density at radius 1 is 1.28 bits per heavy atom. The molecule has 0 aliphatic rings. The second kappa shape index (κ2) is 5.53. The van der Waals surface area contributed by atoms with Gasteiger partial charge in [-0.3, -0.25) is 0 Å². The fourth-order valence-corrected chi connectivity index (χ4v) is 2.66. The maximum Gasteiger partial charge on any atom is 0.110 e. The van der Waals surface area contributed by atoms with Crippen molar-refractivity contribution in [2.75, 3.05) is 0 Å². The molecule has 0 fully saturated rings. The summed E-state index contributed by atoms with van der Waals surface area (Å²) in [6.45, 7) is 7.47. The van der Waals surface area contributed by atoms with Gasteiger partial charge in [0.05, 0.1) is 11.0 Å². The first-order valence-corrected chi connectivity index (χ1v) is 6.81. The number of aromatic nitrogens is 2. The largest absolute Gasteiger partial charge is 0.328 e. The quantitative estimate of drug-likeness (QED) is 0.880. The topological polar surface area (TPSA) is 43.8 Å². The van der Waals surface area contributed by atoms with Gasteiger partial charge < -0.3 is 10.3 Å². The second-order valence-corrected chi connectivity index (χ2v) is 5.28. The van der Waals surface area contributed by atoms with E-state index in [1.54, 1.807) is 0 Å². The zero-order valence-electron chi connectivity index (χ0n) is 11.6. The highest BCUT2D eigenvalue weighted by molar-refractivity contribution is 5.75. The Labute approximate surface area is 109 Å². The molecule has 2 N–H and O–H groups in total. The summed E-state index contributed by atoms with van der Waals surface area (Å²) in [5.74, 6) is 1.76. The first kappa shape index (κ1) is 13.1. The van der Waals surface area contributed by atoms with Crippen LogP contribution in [0.25, 0.3) is 11.0 Å². The first-order chi connectivity index (χ1) is 8.61. The number of para-hydroxylation sites is 2. The van der Waals surface area contributed by atoms with Gasteiger partial charge in [0.15, 0.2) is 0 Å². The molecule has 3 heteroatoms. The number of benzene rings is 1. The smallest absolute Gasteiger partial charge is 0.110 e. The predicted octanol–water partition coefficient (Wildman–Crippen LogP) is 2.97. The Morgan fingerprint density at radius 2 is 2.00 bits per heavy atom. The molecule has 0 radical (unpaired) electrons. The molecular formula is C15H23N3. The molecule has 0 saturated heterocycles. The van der Waals surface area contributed by atoms with E-state index in [4.69, 9.17) is 10.7 Å². The van der Waals surface area contributed by atoms with Crippen LogP contribution in [0, 0.1) is 5.92 Å². The molecule has 2 rings (SSSR count). The third kappa shape index (κ3) is 2.72. The minimum Gasteiger partial charge on any atom is -0.328 e. The van der Waals surface area contributed by atoms with E-state index in [-0.39, 0.29) is 6.04 Å². The fourth-order valence-electron chi connectivity index (χ4n) is 2.66. The summed E-state index contributed by atoms with van der Waals surface area (Å²) in [4.78, 5) is 4.75. The highest BCUT2D eigenvalue weighted by Crippen LogP contribution is 2.19. The maximum absolute atomic E-state index is 5.87. The average molecular weight is 245 g/mol. The highest BCUT2D eigenvalue weighted by atomic mass is 15.1. The van der Waals surface area contributed by atoms with E-state index in [1.807, 2.05) is 6.07 Å². The molecule has 2 unspecified atom stereocenters. The maximum atomic E-state index is 5.87. The molecule has 0 amide bonds. The molecule has 2 aromatic rings. The van der Waals surface area contributed by atoms with Gasteiger partial charge in [0, 0.05) is 19.0 Å². The summed E-state index contributed by atoms with van der Waals surface area (Å²) in [6.07, 6.45) is 2.05. The van der Waals surface area contributed by atoms with E-state index in [9.17, 15) is 0 Å².